The number of rotatable bonds is 5. The number of aliphatic hydroxyl groups excluding tert-OH is 1. The predicted molar refractivity (Wildman–Crippen MR) is 73.5 cm³/mol. The number of carbonyl (C=O) groups excluding carboxylic acids is 1. The summed E-state index contributed by atoms with van der Waals surface area (Å²) in [5, 5.41) is 9.42. The van der Waals surface area contributed by atoms with Gasteiger partial charge in [-0.25, -0.2) is 0 Å². The van der Waals surface area contributed by atoms with Crippen molar-refractivity contribution < 1.29 is 9.90 Å². The molecule has 1 atom stereocenters. The van der Waals surface area contributed by atoms with E-state index in [9.17, 15) is 9.90 Å². The lowest BCUT2D eigenvalue weighted by Gasteiger charge is -2.20. The van der Waals surface area contributed by atoms with E-state index in [1.807, 2.05) is 24.3 Å². The largest absolute Gasteiger partial charge is 0.382 e. The average molecular weight is 250 g/mol. The molecule has 0 aromatic heterocycles. The maximum Gasteiger partial charge on any atom is 0.256 e. The third-order valence-corrected chi connectivity index (χ3v) is 2.81. The van der Waals surface area contributed by atoms with Gasteiger partial charge >= 0.3 is 0 Å². The van der Waals surface area contributed by atoms with Crippen molar-refractivity contribution in [3.63, 3.8) is 0 Å². The molecule has 100 valence electrons. The third kappa shape index (κ3) is 3.82. The summed E-state index contributed by atoms with van der Waals surface area (Å²) in [5.41, 5.74) is 7.28. The topological polar surface area (TPSA) is 66.6 Å². The van der Waals surface area contributed by atoms with E-state index in [1.165, 1.54) is 10.5 Å². The van der Waals surface area contributed by atoms with Gasteiger partial charge < -0.3 is 15.7 Å². The quantitative estimate of drug-likeness (QED) is 0.824. The summed E-state index contributed by atoms with van der Waals surface area (Å²) in [7, 11) is 1.64. The van der Waals surface area contributed by atoms with Crippen LogP contribution >= 0.6 is 0 Å². The zero-order valence-electron chi connectivity index (χ0n) is 11.3. The maximum absolute atomic E-state index is 11.7. The highest BCUT2D eigenvalue weighted by Crippen LogP contribution is 2.16. The van der Waals surface area contributed by atoms with Crippen LogP contribution in [0.25, 0.3) is 0 Å². The number of hydrogen-bond donors (Lipinski definition) is 2. The Kier molecular flexibility index (Phi) is 5.31. The molecule has 0 fully saturated rings. The number of hydrogen-bond acceptors (Lipinski definition) is 3. The minimum Gasteiger partial charge on any atom is -0.382 e. The fourth-order valence-corrected chi connectivity index (χ4v) is 1.78. The highest BCUT2D eigenvalue weighted by molar-refractivity contribution is 5.96. The molecule has 0 radical (unpaired) electrons. The van der Waals surface area contributed by atoms with Crippen LogP contribution in [0, 0.1) is 5.92 Å². The van der Waals surface area contributed by atoms with Gasteiger partial charge in [-0.2, -0.15) is 0 Å². The molecule has 4 nitrogen and oxygen atoms in total. The van der Waals surface area contributed by atoms with Gasteiger partial charge in [-0.05, 0) is 30.0 Å². The molecule has 0 bridgehead atoms. The van der Waals surface area contributed by atoms with E-state index < -0.39 is 6.10 Å². The Morgan fingerprint density at radius 2 is 1.89 bits per heavy atom. The Morgan fingerprint density at radius 3 is 2.33 bits per heavy atom. The van der Waals surface area contributed by atoms with Gasteiger partial charge in [0.15, 0.2) is 0 Å². The van der Waals surface area contributed by atoms with Gasteiger partial charge in [0, 0.05) is 19.3 Å². The lowest BCUT2D eigenvalue weighted by Crippen LogP contribution is -2.40. The van der Waals surface area contributed by atoms with Gasteiger partial charge in [-0.1, -0.05) is 26.0 Å². The minimum atomic E-state index is -1.13. The first-order valence-electron chi connectivity index (χ1n) is 6.20. The van der Waals surface area contributed by atoms with Crippen LogP contribution in [0.1, 0.15) is 19.4 Å². The fourth-order valence-electron chi connectivity index (χ4n) is 1.78. The normalized spacial score (nSPS) is 12.6. The van der Waals surface area contributed by atoms with Crippen LogP contribution in [0.3, 0.4) is 0 Å². The molecule has 1 rings (SSSR count). The van der Waals surface area contributed by atoms with Crippen LogP contribution in [-0.2, 0) is 11.2 Å². The summed E-state index contributed by atoms with van der Waals surface area (Å²) in [6, 6.07) is 7.79. The summed E-state index contributed by atoms with van der Waals surface area (Å²) in [5.74, 6) is 0.225. The van der Waals surface area contributed by atoms with E-state index in [0.717, 1.165) is 12.1 Å². The van der Waals surface area contributed by atoms with Gasteiger partial charge in [-0.3, -0.25) is 4.79 Å². The SMILES string of the molecule is CC(C)Cc1ccc(N(C)C(=O)C(O)CN)cc1. The van der Waals surface area contributed by atoms with Crippen molar-refractivity contribution in [1.82, 2.24) is 0 Å². The molecular formula is C14H22N2O2. The Morgan fingerprint density at radius 1 is 1.33 bits per heavy atom. The molecule has 1 aromatic rings. The van der Waals surface area contributed by atoms with E-state index in [1.54, 1.807) is 7.05 Å². The summed E-state index contributed by atoms with van der Waals surface area (Å²) in [6.45, 7) is 4.27. The second-order valence-electron chi connectivity index (χ2n) is 4.91. The number of nitrogens with two attached hydrogens (primary N) is 1. The molecule has 4 heteroatoms. The summed E-state index contributed by atoms with van der Waals surface area (Å²) >= 11 is 0. The zero-order valence-corrected chi connectivity index (χ0v) is 11.3. The van der Waals surface area contributed by atoms with Gasteiger partial charge in [0.25, 0.3) is 5.91 Å². The van der Waals surface area contributed by atoms with Crippen LogP contribution in [0.2, 0.25) is 0 Å². The molecular weight excluding hydrogens is 228 g/mol. The van der Waals surface area contributed by atoms with Crippen LogP contribution in [-0.4, -0.2) is 30.7 Å². The zero-order chi connectivity index (χ0) is 13.7. The predicted octanol–water partition coefficient (Wildman–Crippen LogP) is 1.17. The third-order valence-electron chi connectivity index (χ3n) is 2.81. The molecule has 0 heterocycles. The summed E-state index contributed by atoms with van der Waals surface area (Å²) in [4.78, 5) is 13.2. The van der Waals surface area contributed by atoms with Crippen molar-refractivity contribution in [3.05, 3.63) is 29.8 Å². The van der Waals surface area contributed by atoms with Crippen molar-refractivity contribution >= 4 is 11.6 Å². The standard InChI is InChI=1S/C14H22N2O2/c1-10(2)8-11-4-6-12(7-5-11)16(3)14(18)13(17)9-15/h4-7,10,13,17H,8-9,15H2,1-3H3. The summed E-state index contributed by atoms with van der Waals surface area (Å²) in [6.07, 6.45) is -0.117. The van der Waals surface area contributed by atoms with E-state index in [0.29, 0.717) is 5.92 Å². The van der Waals surface area contributed by atoms with E-state index in [-0.39, 0.29) is 12.5 Å². The van der Waals surface area contributed by atoms with Crippen molar-refractivity contribution in [2.45, 2.75) is 26.4 Å². The van der Waals surface area contributed by atoms with Crippen LogP contribution in [0.15, 0.2) is 24.3 Å². The lowest BCUT2D eigenvalue weighted by molar-refractivity contribution is -0.125. The molecule has 0 spiro atoms. The Balaban J connectivity index is 2.75. The molecule has 1 unspecified atom stereocenters. The second-order valence-corrected chi connectivity index (χ2v) is 4.91. The van der Waals surface area contributed by atoms with Crippen LogP contribution in [0.5, 0.6) is 0 Å². The number of amides is 1. The van der Waals surface area contributed by atoms with E-state index in [2.05, 4.69) is 13.8 Å². The number of aliphatic hydroxyl groups is 1. The van der Waals surface area contributed by atoms with Crippen LogP contribution in [0.4, 0.5) is 5.69 Å². The fraction of sp³-hybridized carbons (Fsp3) is 0.500. The number of likely N-dealkylation sites (N-methyl/N-ethyl adjacent to an activating group) is 1. The smallest absolute Gasteiger partial charge is 0.256 e. The molecule has 0 aliphatic carbocycles. The molecule has 0 aliphatic rings. The molecule has 3 N–H and O–H groups in total. The molecule has 1 aromatic carbocycles. The number of nitrogens with zero attached hydrogens (tertiary/aromatic N) is 1. The van der Waals surface area contributed by atoms with Crippen molar-refractivity contribution in [1.29, 1.82) is 0 Å². The monoisotopic (exact) mass is 250 g/mol. The van der Waals surface area contributed by atoms with Crippen molar-refractivity contribution in [3.8, 4) is 0 Å². The van der Waals surface area contributed by atoms with Gasteiger partial charge in [0.2, 0.25) is 0 Å². The molecule has 0 aliphatic heterocycles. The first kappa shape index (κ1) is 14.7. The highest BCUT2D eigenvalue weighted by Gasteiger charge is 2.18. The van der Waals surface area contributed by atoms with Crippen LogP contribution < -0.4 is 10.6 Å². The molecule has 0 saturated heterocycles. The Bertz CT molecular complexity index is 387. The Labute approximate surface area is 108 Å². The average Bonchev–Trinajstić information content (AvgIpc) is 2.36. The number of carbonyl (C=O) groups is 1. The molecule has 18 heavy (non-hydrogen) atoms. The second kappa shape index (κ2) is 6.52. The molecule has 0 saturated carbocycles. The molecule has 1 amide bonds. The van der Waals surface area contributed by atoms with E-state index >= 15 is 0 Å². The Hall–Kier alpha value is -1.39. The lowest BCUT2D eigenvalue weighted by atomic mass is 10.0. The van der Waals surface area contributed by atoms with Crippen molar-refractivity contribution in [2.75, 3.05) is 18.5 Å². The summed E-state index contributed by atoms with van der Waals surface area (Å²) < 4.78 is 0. The highest BCUT2D eigenvalue weighted by atomic mass is 16.3. The first-order valence-corrected chi connectivity index (χ1v) is 6.20. The minimum absolute atomic E-state index is 0.0609. The van der Waals surface area contributed by atoms with Gasteiger partial charge in [0.05, 0.1) is 0 Å². The van der Waals surface area contributed by atoms with Crippen molar-refractivity contribution in [2.24, 2.45) is 11.7 Å². The maximum atomic E-state index is 11.7. The first-order chi connectivity index (χ1) is 8.45. The van der Waals surface area contributed by atoms with E-state index in [4.69, 9.17) is 5.73 Å². The number of anilines is 1. The van der Waals surface area contributed by atoms with Gasteiger partial charge in [0.1, 0.15) is 6.10 Å². The number of benzene rings is 1. The van der Waals surface area contributed by atoms with Gasteiger partial charge in [-0.15, -0.1) is 0 Å².